The molecule has 0 spiro atoms. The molecule has 2 N–H and O–H groups in total. The van der Waals surface area contributed by atoms with E-state index in [4.69, 9.17) is 4.74 Å². The quantitative estimate of drug-likeness (QED) is 0.816. The minimum Gasteiger partial charge on any atom is -0.494 e. The van der Waals surface area contributed by atoms with Crippen molar-refractivity contribution >= 4 is 22.4 Å². The Balaban J connectivity index is 0.00000264. The zero-order valence-corrected chi connectivity index (χ0v) is 15.6. The maximum atomic E-state index is 12.4. The smallest absolute Gasteiger partial charge is 0.240 e. The third-order valence-electron chi connectivity index (χ3n) is 4.24. The van der Waals surface area contributed by atoms with Crippen LogP contribution in [-0.4, -0.2) is 34.2 Å². The Morgan fingerprint density at radius 2 is 2.13 bits per heavy atom. The lowest BCUT2D eigenvalue weighted by Crippen LogP contribution is -2.52. The second-order valence-electron chi connectivity index (χ2n) is 6.36. The van der Waals surface area contributed by atoms with Crippen LogP contribution in [0.5, 0.6) is 5.75 Å². The summed E-state index contributed by atoms with van der Waals surface area (Å²) >= 11 is 0. The molecule has 0 radical (unpaired) electrons. The first-order valence-corrected chi connectivity index (χ1v) is 9.29. The van der Waals surface area contributed by atoms with E-state index in [1.165, 1.54) is 0 Å². The summed E-state index contributed by atoms with van der Waals surface area (Å²) in [5.74, 6) is 0.571. The van der Waals surface area contributed by atoms with Crippen molar-refractivity contribution in [1.82, 2.24) is 10.0 Å². The number of rotatable bonds is 6. The van der Waals surface area contributed by atoms with Crippen molar-refractivity contribution in [1.29, 1.82) is 0 Å². The van der Waals surface area contributed by atoms with Gasteiger partial charge in [0.25, 0.3) is 0 Å². The molecule has 0 bridgehead atoms. The van der Waals surface area contributed by atoms with E-state index >= 15 is 0 Å². The molecule has 23 heavy (non-hydrogen) atoms. The molecular weight excluding hydrogens is 336 g/mol. The molecule has 1 aliphatic rings. The molecule has 0 aliphatic carbocycles. The van der Waals surface area contributed by atoms with Gasteiger partial charge in [-0.1, -0.05) is 19.9 Å². The van der Waals surface area contributed by atoms with Gasteiger partial charge in [-0.3, -0.25) is 0 Å². The highest BCUT2D eigenvalue weighted by Crippen LogP contribution is 2.29. The van der Waals surface area contributed by atoms with E-state index in [9.17, 15) is 8.42 Å². The topological polar surface area (TPSA) is 67.4 Å². The van der Waals surface area contributed by atoms with Crippen LogP contribution in [0.15, 0.2) is 29.2 Å². The van der Waals surface area contributed by atoms with Gasteiger partial charge < -0.3 is 10.1 Å². The van der Waals surface area contributed by atoms with Crippen molar-refractivity contribution in [2.45, 2.75) is 44.6 Å². The first kappa shape index (κ1) is 20.2. The molecular formula is C16H27ClN2O3S. The second-order valence-corrected chi connectivity index (χ2v) is 8.13. The van der Waals surface area contributed by atoms with Crippen molar-refractivity contribution in [2.24, 2.45) is 5.41 Å². The Morgan fingerprint density at radius 3 is 2.78 bits per heavy atom. The van der Waals surface area contributed by atoms with E-state index in [2.05, 4.69) is 23.9 Å². The Labute approximate surface area is 145 Å². The third-order valence-corrected chi connectivity index (χ3v) is 5.66. The molecule has 0 amide bonds. The Kier molecular flexibility index (Phi) is 7.32. The maximum absolute atomic E-state index is 12.4. The fourth-order valence-corrected chi connectivity index (χ4v) is 3.88. The molecule has 1 atom stereocenters. The largest absolute Gasteiger partial charge is 0.494 e. The van der Waals surface area contributed by atoms with Crippen LogP contribution in [0.3, 0.4) is 0 Å². The van der Waals surface area contributed by atoms with Crippen LogP contribution in [0.1, 0.15) is 33.6 Å². The van der Waals surface area contributed by atoms with E-state index in [-0.39, 0.29) is 28.8 Å². The summed E-state index contributed by atoms with van der Waals surface area (Å²) in [5, 5.41) is 3.41. The molecule has 1 unspecified atom stereocenters. The molecule has 132 valence electrons. The first-order valence-electron chi connectivity index (χ1n) is 7.81. The number of hydrogen-bond acceptors (Lipinski definition) is 4. The van der Waals surface area contributed by atoms with Crippen molar-refractivity contribution in [3.05, 3.63) is 24.3 Å². The summed E-state index contributed by atoms with van der Waals surface area (Å²) in [6.45, 7) is 8.07. The van der Waals surface area contributed by atoms with Gasteiger partial charge in [-0.25, -0.2) is 13.1 Å². The van der Waals surface area contributed by atoms with E-state index in [1.54, 1.807) is 24.3 Å². The van der Waals surface area contributed by atoms with Gasteiger partial charge in [0, 0.05) is 18.7 Å². The number of ether oxygens (including phenoxy) is 1. The zero-order valence-electron chi connectivity index (χ0n) is 14.0. The van der Waals surface area contributed by atoms with E-state index < -0.39 is 10.0 Å². The van der Waals surface area contributed by atoms with Gasteiger partial charge in [-0.05, 0) is 43.9 Å². The van der Waals surface area contributed by atoms with Crippen LogP contribution < -0.4 is 14.8 Å². The highest BCUT2D eigenvalue weighted by Gasteiger charge is 2.32. The summed E-state index contributed by atoms with van der Waals surface area (Å²) in [6, 6.07) is 6.75. The monoisotopic (exact) mass is 362 g/mol. The van der Waals surface area contributed by atoms with Crippen molar-refractivity contribution < 1.29 is 13.2 Å². The van der Waals surface area contributed by atoms with E-state index in [0.29, 0.717) is 18.9 Å². The van der Waals surface area contributed by atoms with Crippen LogP contribution >= 0.6 is 12.4 Å². The van der Waals surface area contributed by atoms with Crippen LogP contribution in [0.25, 0.3) is 0 Å². The van der Waals surface area contributed by atoms with Crippen LogP contribution in [0, 0.1) is 5.41 Å². The first-order chi connectivity index (χ1) is 10.3. The molecule has 7 heteroatoms. The lowest BCUT2D eigenvalue weighted by Gasteiger charge is -2.39. The number of benzene rings is 1. The Bertz CT molecular complexity index is 605. The number of nitrogens with one attached hydrogen (secondary N) is 2. The average molecular weight is 363 g/mol. The standard InChI is InChI=1S/C16H26N2O3S.ClH/c1-4-21-13-7-5-8-14(11-13)22(19,20)18-12-15-16(2,3)9-6-10-17-15;/h5,7-8,11,15,17-18H,4,6,9-10,12H2,1-3H3;1H. The number of piperidine rings is 1. The maximum Gasteiger partial charge on any atom is 0.240 e. The van der Waals surface area contributed by atoms with Gasteiger partial charge in [0.15, 0.2) is 0 Å². The Morgan fingerprint density at radius 1 is 1.39 bits per heavy atom. The second kappa shape index (κ2) is 8.33. The van der Waals surface area contributed by atoms with Gasteiger partial charge in [-0.15, -0.1) is 12.4 Å². The number of halogens is 1. The molecule has 1 aromatic carbocycles. The Hall–Kier alpha value is -0.820. The molecule has 0 aromatic heterocycles. The highest BCUT2D eigenvalue weighted by molar-refractivity contribution is 7.89. The fourth-order valence-electron chi connectivity index (χ4n) is 2.79. The molecule has 0 saturated carbocycles. The number of hydrogen-bond donors (Lipinski definition) is 2. The number of sulfonamides is 1. The molecule has 1 fully saturated rings. The molecule has 1 saturated heterocycles. The molecule has 1 aliphatic heterocycles. The highest BCUT2D eigenvalue weighted by atomic mass is 35.5. The lowest BCUT2D eigenvalue weighted by molar-refractivity contribution is 0.181. The summed E-state index contributed by atoms with van der Waals surface area (Å²) < 4.78 is 33.0. The predicted molar refractivity (Wildman–Crippen MR) is 94.9 cm³/mol. The van der Waals surface area contributed by atoms with Crippen LogP contribution in [0.2, 0.25) is 0 Å². The van der Waals surface area contributed by atoms with Crippen molar-refractivity contribution in [2.75, 3.05) is 19.7 Å². The summed E-state index contributed by atoms with van der Waals surface area (Å²) in [4.78, 5) is 0.243. The zero-order chi connectivity index (χ0) is 16.2. The van der Waals surface area contributed by atoms with Crippen LogP contribution in [0.4, 0.5) is 0 Å². The minimum absolute atomic E-state index is 0. The van der Waals surface area contributed by atoms with Gasteiger partial charge in [0.2, 0.25) is 10.0 Å². The molecule has 5 nitrogen and oxygen atoms in total. The van der Waals surface area contributed by atoms with Crippen molar-refractivity contribution in [3.63, 3.8) is 0 Å². The van der Waals surface area contributed by atoms with Gasteiger partial charge >= 0.3 is 0 Å². The van der Waals surface area contributed by atoms with Gasteiger partial charge in [0.05, 0.1) is 11.5 Å². The summed E-state index contributed by atoms with van der Waals surface area (Å²) in [6.07, 6.45) is 2.23. The van der Waals surface area contributed by atoms with E-state index in [1.807, 2.05) is 6.92 Å². The third kappa shape index (κ3) is 5.35. The SMILES string of the molecule is CCOc1cccc(S(=O)(=O)NCC2NCCCC2(C)C)c1.Cl. The fraction of sp³-hybridized carbons (Fsp3) is 0.625. The summed E-state index contributed by atoms with van der Waals surface area (Å²) in [5.41, 5.74) is 0.0912. The molecule has 1 heterocycles. The normalized spacial score (nSPS) is 20.6. The average Bonchev–Trinajstić information content (AvgIpc) is 2.46. The molecule has 2 rings (SSSR count). The lowest BCUT2D eigenvalue weighted by atomic mass is 9.78. The van der Waals surface area contributed by atoms with Crippen LogP contribution in [-0.2, 0) is 10.0 Å². The summed E-state index contributed by atoms with van der Waals surface area (Å²) in [7, 11) is -3.52. The van der Waals surface area contributed by atoms with Crippen molar-refractivity contribution in [3.8, 4) is 5.75 Å². The van der Waals surface area contributed by atoms with Gasteiger partial charge in [-0.2, -0.15) is 0 Å². The van der Waals surface area contributed by atoms with E-state index in [0.717, 1.165) is 19.4 Å². The minimum atomic E-state index is -3.52. The van der Waals surface area contributed by atoms with Gasteiger partial charge in [0.1, 0.15) is 5.75 Å². The molecule has 1 aromatic rings. The predicted octanol–water partition coefficient (Wildman–Crippen LogP) is 2.56.